The van der Waals surface area contributed by atoms with Crippen molar-refractivity contribution in [2.45, 2.75) is 4.90 Å². The van der Waals surface area contributed by atoms with Gasteiger partial charge in [0.25, 0.3) is 10.0 Å². The zero-order valence-corrected chi connectivity index (χ0v) is 15.8. The van der Waals surface area contributed by atoms with Gasteiger partial charge in [-0.1, -0.05) is 30.3 Å². The lowest BCUT2D eigenvalue weighted by Crippen LogP contribution is -2.14. The van der Waals surface area contributed by atoms with Gasteiger partial charge in [0.1, 0.15) is 11.0 Å². The Balaban J connectivity index is 1.89. The maximum atomic E-state index is 13.2. The standard InChI is InChI=1S/C20H17N5O2S/c1-22-11-17(10-21)16-9-20-19(23-12-16)13-24-25(20)28(26,27)18-7-6-14-4-2-3-5-15(14)8-18/h2-13H,21H2,1H3. The lowest BCUT2D eigenvalue weighted by molar-refractivity contribution is 0.582. The van der Waals surface area contributed by atoms with E-state index in [9.17, 15) is 8.42 Å². The minimum absolute atomic E-state index is 0.159. The number of aliphatic imine (C=N–C) groups is 1. The molecule has 4 aromatic rings. The third-order valence-corrected chi connectivity index (χ3v) is 6.01. The molecule has 28 heavy (non-hydrogen) atoms. The molecule has 0 aliphatic rings. The maximum Gasteiger partial charge on any atom is 0.283 e. The molecule has 0 saturated carbocycles. The molecule has 8 heteroatoms. The van der Waals surface area contributed by atoms with Gasteiger partial charge in [-0.2, -0.15) is 17.6 Å². The van der Waals surface area contributed by atoms with Crippen molar-refractivity contribution in [3.8, 4) is 0 Å². The number of nitrogens with two attached hydrogens (primary N) is 1. The Morgan fingerprint density at radius 1 is 1.11 bits per heavy atom. The summed E-state index contributed by atoms with van der Waals surface area (Å²) in [5.41, 5.74) is 7.78. The summed E-state index contributed by atoms with van der Waals surface area (Å²) in [5, 5.41) is 5.88. The number of pyridine rings is 1. The Kier molecular flexibility index (Phi) is 4.40. The second-order valence-electron chi connectivity index (χ2n) is 6.14. The van der Waals surface area contributed by atoms with Crippen LogP contribution in [-0.2, 0) is 10.0 Å². The van der Waals surface area contributed by atoms with E-state index in [0.717, 1.165) is 14.9 Å². The Bertz CT molecular complexity index is 1350. The molecule has 2 aromatic heterocycles. The van der Waals surface area contributed by atoms with Gasteiger partial charge >= 0.3 is 0 Å². The summed E-state index contributed by atoms with van der Waals surface area (Å²) in [6, 6.07) is 14.3. The third-order valence-electron chi connectivity index (χ3n) is 4.42. The molecule has 0 aliphatic carbocycles. The number of benzene rings is 2. The lowest BCUT2D eigenvalue weighted by atomic mass is 10.1. The molecule has 0 amide bonds. The lowest BCUT2D eigenvalue weighted by Gasteiger charge is -2.08. The van der Waals surface area contributed by atoms with E-state index in [1.165, 1.54) is 12.4 Å². The molecular weight excluding hydrogens is 374 g/mol. The van der Waals surface area contributed by atoms with Gasteiger partial charge in [-0.05, 0) is 29.0 Å². The Labute approximate surface area is 161 Å². The number of allylic oxidation sites excluding steroid dienone is 1. The first-order valence-electron chi connectivity index (χ1n) is 8.47. The average molecular weight is 391 g/mol. The van der Waals surface area contributed by atoms with Crippen molar-refractivity contribution in [2.24, 2.45) is 10.7 Å². The molecule has 0 aliphatic heterocycles. The van der Waals surface area contributed by atoms with Crippen molar-refractivity contribution in [3.63, 3.8) is 0 Å². The van der Waals surface area contributed by atoms with Crippen molar-refractivity contribution >= 4 is 43.6 Å². The fourth-order valence-corrected chi connectivity index (χ4v) is 4.31. The molecule has 0 bridgehead atoms. The van der Waals surface area contributed by atoms with Crippen molar-refractivity contribution in [2.75, 3.05) is 7.05 Å². The normalized spacial score (nSPS) is 13.0. The maximum absolute atomic E-state index is 13.2. The second kappa shape index (κ2) is 6.90. The summed E-state index contributed by atoms with van der Waals surface area (Å²) >= 11 is 0. The van der Waals surface area contributed by atoms with Gasteiger partial charge < -0.3 is 5.73 Å². The molecule has 2 heterocycles. The van der Waals surface area contributed by atoms with E-state index in [2.05, 4.69) is 15.1 Å². The highest BCUT2D eigenvalue weighted by Crippen LogP contribution is 2.24. The van der Waals surface area contributed by atoms with E-state index in [1.54, 1.807) is 43.7 Å². The van der Waals surface area contributed by atoms with Crippen LogP contribution in [0.3, 0.4) is 0 Å². The molecular formula is C20H17N5O2S. The van der Waals surface area contributed by atoms with Gasteiger partial charge in [-0.25, -0.2) is 0 Å². The molecule has 0 saturated heterocycles. The van der Waals surface area contributed by atoms with Gasteiger partial charge in [0, 0.05) is 36.8 Å². The largest absolute Gasteiger partial charge is 0.404 e. The molecule has 0 fully saturated rings. The zero-order valence-electron chi connectivity index (χ0n) is 15.0. The first-order chi connectivity index (χ1) is 13.5. The van der Waals surface area contributed by atoms with Crippen LogP contribution in [0, 0.1) is 0 Å². The summed E-state index contributed by atoms with van der Waals surface area (Å²) in [6.07, 6.45) is 6.02. The smallest absolute Gasteiger partial charge is 0.283 e. The second-order valence-corrected chi connectivity index (χ2v) is 7.91. The number of fused-ring (bicyclic) bond motifs is 2. The van der Waals surface area contributed by atoms with E-state index >= 15 is 0 Å². The van der Waals surface area contributed by atoms with Crippen molar-refractivity contribution in [1.29, 1.82) is 0 Å². The number of hydrogen-bond acceptors (Lipinski definition) is 6. The van der Waals surface area contributed by atoms with Crippen LogP contribution in [0.4, 0.5) is 0 Å². The molecule has 0 atom stereocenters. The molecule has 0 radical (unpaired) electrons. The van der Waals surface area contributed by atoms with E-state index in [1.807, 2.05) is 24.3 Å². The van der Waals surface area contributed by atoms with Crippen LogP contribution in [-0.4, -0.2) is 35.8 Å². The Hall–Kier alpha value is -3.52. The summed E-state index contributed by atoms with van der Waals surface area (Å²) in [4.78, 5) is 8.42. The number of aromatic nitrogens is 3. The molecule has 2 N–H and O–H groups in total. The molecule has 0 spiro atoms. The Morgan fingerprint density at radius 3 is 2.64 bits per heavy atom. The van der Waals surface area contributed by atoms with E-state index in [0.29, 0.717) is 22.2 Å². The fourth-order valence-electron chi connectivity index (χ4n) is 3.02. The SMILES string of the molecule is CN=CC(=CN)c1cnc2cnn(S(=O)(=O)c3ccc4ccccc4c3)c2c1. The van der Waals surface area contributed by atoms with Crippen molar-refractivity contribution in [1.82, 2.24) is 14.2 Å². The molecule has 4 rings (SSSR count). The van der Waals surface area contributed by atoms with Crippen LogP contribution < -0.4 is 5.73 Å². The average Bonchev–Trinajstić information content (AvgIpc) is 3.15. The van der Waals surface area contributed by atoms with Crippen molar-refractivity contribution < 1.29 is 8.42 Å². The zero-order chi connectivity index (χ0) is 19.7. The van der Waals surface area contributed by atoms with Crippen molar-refractivity contribution in [3.05, 3.63) is 72.7 Å². The van der Waals surface area contributed by atoms with Crippen LogP contribution >= 0.6 is 0 Å². The van der Waals surface area contributed by atoms with E-state index in [-0.39, 0.29) is 4.90 Å². The number of hydrogen-bond donors (Lipinski definition) is 1. The van der Waals surface area contributed by atoms with Gasteiger partial charge in [-0.3, -0.25) is 9.98 Å². The number of nitrogens with zero attached hydrogens (tertiary/aromatic N) is 4. The van der Waals surface area contributed by atoms with Gasteiger partial charge in [-0.15, -0.1) is 0 Å². The van der Waals surface area contributed by atoms with Crippen LogP contribution in [0.1, 0.15) is 5.56 Å². The molecule has 2 aromatic carbocycles. The molecule has 140 valence electrons. The van der Waals surface area contributed by atoms with Gasteiger partial charge in [0.2, 0.25) is 0 Å². The first-order valence-corrected chi connectivity index (χ1v) is 9.91. The molecule has 0 unspecified atom stereocenters. The predicted molar refractivity (Wildman–Crippen MR) is 111 cm³/mol. The molecule has 7 nitrogen and oxygen atoms in total. The predicted octanol–water partition coefficient (Wildman–Crippen LogP) is 2.82. The highest BCUT2D eigenvalue weighted by Gasteiger charge is 2.21. The Morgan fingerprint density at radius 2 is 1.89 bits per heavy atom. The minimum Gasteiger partial charge on any atom is -0.404 e. The van der Waals surface area contributed by atoms with Crippen LogP contribution in [0.15, 0.2) is 77.0 Å². The topological polar surface area (TPSA) is 103 Å². The fraction of sp³-hybridized carbons (Fsp3) is 0.0500. The van der Waals surface area contributed by atoms with Gasteiger partial charge in [0.15, 0.2) is 0 Å². The quantitative estimate of drug-likeness (QED) is 0.539. The van der Waals surface area contributed by atoms with Crippen LogP contribution in [0.25, 0.3) is 27.4 Å². The summed E-state index contributed by atoms with van der Waals surface area (Å²) in [7, 11) is -2.27. The summed E-state index contributed by atoms with van der Waals surface area (Å²) in [6.45, 7) is 0. The third kappa shape index (κ3) is 2.93. The van der Waals surface area contributed by atoms with Crippen LogP contribution in [0.5, 0.6) is 0 Å². The van der Waals surface area contributed by atoms with Crippen LogP contribution in [0.2, 0.25) is 0 Å². The van der Waals surface area contributed by atoms with E-state index in [4.69, 9.17) is 5.73 Å². The minimum atomic E-state index is -3.89. The van der Waals surface area contributed by atoms with Gasteiger partial charge in [0.05, 0.1) is 11.1 Å². The summed E-state index contributed by atoms with van der Waals surface area (Å²) in [5.74, 6) is 0. The van der Waals surface area contributed by atoms with E-state index < -0.39 is 10.0 Å². The highest BCUT2D eigenvalue weighted by molar-refractivity contribution is 7.90. The highest BCUT2D eigenvalue weighted by atomic mass is 32.2. The first kappa shape index (κ1) is 17.9. The summed E-state index contributed by atoms with van der Waals surface area (Å²) < 4.78 is 27.5. The number of rotatable bonds is 4. The monoisotopic (exact) mass is 391 g/mol.